The lowest BCUT2D eigenvalue weighted by Gasteiger charge is -2.00. The van der Waals surface area contributed by atoms with Crippen molar-refractivity contribution in [3.63, 3.8) is 0 Å². The molecule has 0 unspecified atom stereocenters. The van der Waals surface area contributed by atoms with E-state index < -0.39 is 0 Å². The van der Waals surface area contributed by atoms with E-state index >= 15 is 0 Å². The molecule has 0 amide bonds. The molecule has 0 saturated carbocycles. The molecule has 0 atom stereocenters. The Morgan fingerprint density at radius 3 is 2.67 bits per heavy atom. The van der Waals surface area contributed by atoms with E-state index in [1.807, 2.05) is 6.92 Å². The van der Waals surface area contributed by atoms with Gasteiger partial charge in [0.25, 0.3) is 5.56 Å². The smallest absolute Gasteiger partial charge is 0.251 e. The lowest BCUT2D eigenvalue weighted by Crippen LogP contribution is -2.18. The van der Waals surface area contributed by atoms with E-state index in [1.54, 1.807) is 16.8 Å². The van der Waals surface area contributed by atoms with Gasteiger partial charge >= 0.3 is 0 Å². The summed E-state index contributed by atoms with van der Waals surface area (Å²) in [4.78, 5) is 22.0. The number of carbonyl (C=O) groups is 1. The zero-order valence-corrected chi connectivity index (χ0v) is 7.20. The van der Waals surface area contributed by atoms with E-state index in [2.05, 4.69) is 0 Å². The predicted molar refractivity (Wildman–Crippen MR) is 46.4 cm³/mol. The normalized spacial score (nSPS) is 9.83. The summed E-state index contributed by atoms with van der Waals surface area (Å²) >= 11 is 0. The molecule has 0 saturated heterocycles. The van der Waals surface area contributed by atoms with Crippen LogP contribution in [-0.4, -0.2) is 10.4 Å². The zero-order valence-electron chi connectivity index (χ0n) is 7.20. The predicted octanol–water partition coefficient (Wildman–Crippen LogP) is 1.07. The summed E-state index contributed by atoms with van der Waals surface area (Å²) in [5, 5.41) is 0. The van der Waals surface area contributed by atoms with Crippen molar-refractivity contribution in [1.82, 2.24) is 4.57 Å². The van der Waals surface area contributed by atoms with Gasteiger partial charge in [-0.2, -0.15) is 0 Å². The zero-order chi connectivity index (χ0) is 9.14. The molecule has 0 spiro atoms. The highest BCUT2D eigenvalue weighted by molar-refractivity contribution is 5.93. The first kappa shape index (κ1) is 8.71. The molecule has 0 bridgehead atoms. The molecule has 0 aliphatic heterocycles. The van der Waals surface area contributed by atoms with Crippen LogP contribution in [0.3, 0.4) is 0 Å². The fraction of sp³-hybridized carbons (Fsp3) is 0.333. The third-order valence-electron chi connectivity index (χ3n) is 1.74. The van der Waals surface area contributed by atoms with Crippen LogP contribution < -0.4 is 5.56 Å². The molecule has 0 fully saturated rings. The summed E-state index contributed by atoms with van der Waals surface area (Å²) in [6, 6.07) is 3.03. The highest BCUT2D eigenvalue weighted by Crippen LogP contribution is 1.95. The number of hydrogen-bond acceptors (Lipinski definition) is 2. The number of Topliss-reactive ketones (excluding diaryl/α,β-unsaturated/α-hetero) is 1. The van der Waals surface area contributed by atoms with E-state index in [9.17, 15) is 9.59 Å². The molecule has 1 rings (SSSR count). The molecular formula is C9H11NO2. The molecule has 12 heavy (non-hydrogen) atoms. The van der Waals surface area contributed by atoms with Crippen molar-refractivity contribution in [2.45, 2.75) is 20.4 Å². The van der Waals surface area contributed by atoms with Crippen LogP contribution in [0.15, 0.2) is 23.1 Å². The maximum atomic E-state index is 11.2. The quantitative estimate of drug-likeness (QED) is 0.615. The first-order valence-corrected chi connectivity index (χ1v) is 3.86. The van der Waals surface area contributed by atoms with E-state index in [4.69, 9.17) is 0 Å². The number of rotatable bonds is 2. The summed E-state index contributed by atoms with van der Waals surface area (Å²) < 4.78 is 1.55. The van der Waals surface area contributed by atoms with Crippen LogP contribution in [0.2, 0.25) is 0 Å². The molecule has 0 N–H and O–H groups in total. The molecule has 1 heterocycles. The maximum absolute atomic E-state index is 11.2. The Morgan fingerprint density at radius 1 is 1.58 bits per heavy atom. The van der Waals surface area contributed by atoms with Crippen molar-refractivity contribution < 1.29 is 4.79 Å². The second kappa shape index (κ2) is 3.34. The third-order valence-corrected chi connectivity index (χ3v) is 1.74. The Kier molecular flexibility index (Phi) is 2.43. The first-order chi connectivity index (χ1) is 5.65. The molecular weight excluding hydrogens is 154 g/mol. The minimum absolute atomic E-state index is 0.0737. The van der Waals surface area contributed by atoms with Crippen LogP contribution in [-0.2, 0) is 6.54 Å². The SMILES string of the molecule is CCn1ccc(C(C)=O)cc1=O. The number of hydrogen-bond donors (Lipinski definition) is 0. The summed E-state index contributed by atoms with van der Waals surface area (Å²) in [5.74, 6) is -0.0737. The van der Waals surface area contributed by atoms with E-state index in [0.717, 1.165) is 0 Å². The molecule has 0 radical (unpaired) electrons. The highest BCUT2D eigenvalue weighted by Gasteiger charge is 2.00. The lowest BCUT2D eigenvalue weighted by molar-refractivity contribution is 0.101. The molecule has 3 nitrogen and oxygen atoms in total. The van der Waals surface area contributed by atoms with E-state index in [1.165, 1.54) is 13.0 Å². The Labute approximate surface area is 70.6 Å². The van der Waals surface area contributed by atoms with Gasteiger partial charge in [0.05, 0.1) is 0 Å². The summed E-state index contributed by atoms with van der Waals surface area (Å²) in [6.45, 7) is 3.97. The largest absolute Gasteiger partial charge is 0.316 e. The van der Waals surface area contributed by atoms with Gasteiger partial charge in [-0.3, -0.25) is 9.59 Å². The number of ketones is 1. The van der Waals surface area contributed by atoms with Crippen molar-refractivity contribution in [3.8, 4) is 0 Å². The molecule has 0 aliphatic rings. The van der Waals surface area contributed by atoms with E-state index in [0.29, 0.717) is 12.1 Å². The molecule has 1 aromatic rings. The van der Waals surface area contributed by atoms with Gasteiger partial charge in [-0.25, -0.2) is 0 Å². The first-order valence-electron chi connectivity index (χ1n) is 3.86. The summed E-state index contributed by atoms with van der Waals surface area (Å²) in [6.07, 6.45) is 1.64. The average molecular weight is 165 g/mol. The maximum Gasteiger partial charge on any atom is 0.251 e. The van der Waals surface area contributed by atoms with Crippen molar-refractivity contribution >= 4 is 5.78 Å². The molecule has 64 valence electrons. The average Bonchev–Trinajstić information content (AvgIpc) is 2.04. The Hall–Kier alpha value is -1.38. The van der Waals surface area contributed by atoms with Gasteiger partial charge in [0.1, 0.15) is 0 Å². The molecule has 3 heteroatoms. The fourth-order valence-electron chi connectivity index (χ4n) is 0.988. The van der Waals surface area contributed by atoms with Gasteiger partial charge in [-0.05, 0) is 19.9 Å². The second-order valence-electron chi connectivity index (χ2n) is 2.60. The number of aryl methyl sites for hydroxylation is 1. The van der Waals surface area contributed by atoms with Crippen molar-refractivity contribution in [2.75, 3.05) is 0 Å². The van der Waals surface area contributed by atoms with Gasteiger partial charge in [-0.1, -0.05) is 0 Å². The lowest BCUT2D eigenvalue weighted by atomic mass is 10.2. The van der Waals surface area contributed by atoms with Gasteiger partial charge in [0.2, 0.25) is 0 Å². The Balaban J connectivity index is 3.19. The van der Waals surface area contributed by atoms with Gasteiger partial charge in [0.15, 0.2) is 5.78 Å². The minimum atomic E-state index is -0.120. The van der Waals surface area contributed by atoms with Crippen LogP contribution in [0.5, 0.6) is 0 Å². The summed E-state index contributed by atoms with van der Waals surface area (Å²) in [5.41, 5.74) is 0.356. The third kappa shape index (κ3) is 1.61. The molecule has 0 aliphatic carbocycles. The molecule has 0 aromatic carbocycles. The Bertz CT molecular complexity index is 352. The Morgan fingerprint density at radius 2 is 2.25 bits per heavy atom. The van der Waals surface area contributed by atoms with Crippen molar-refractivity contribution in [2.24, 2.45) is 0 Å². The van der Waals surface area contributed by atoms with Gasteiger partial charge in [-0.15, -0.1) is 0 Å². The second-order valence-corrected chi connectivity index (χ2v) is 2.60. The minimum Gasteiger partial charge on any atom is -0.316 e. The van der Waals surface area contributed by atoms with Crippen molar-refractivity contribution in [1.29, 1.82) is 0 Å². The summed E-state index contributed by atoms with van der Waals surface area (Å²) in [7, 11) is 0. The standard InChI is InChI=1S/C9H11NO2/c1-3-10-5-4-8(7(2)11)6-9(10)12/h4-6H,3H2,1-2H3. The van der Waals surface area contributed by atoms with Gasteiger partial charge < -0.3 is 4.57 Å². The van der Waals surface area contributed by atoms with E-state index in [-0.39, 0.29) is 11.3 Å². The van der Waals surface area contributed by atoms with Crippen LogP contribution >= 0.6 is 0 Å². The monoisotopic (exact) mass is 165 g/mol. The number of nitrogens with zero attached hydrogens (tertiary/aromatic N) is 1. The van der Waals surface area contributed by atoms with Crippen LogP contribution in [0.4, 0.5) is 0 Å². The number of carbonyl (C=O) groups excluding carboxylic acids is 1. The van der Waals surface area contributed by atoms with Crippen molar-refractivity contribution in [3.05, 3.63) is 34.2 Å². The topological polar surface area (TPSA) is 39.1 Å². The van der Waals surface area contributed by atoms with Gasteiger partial charge in [0, 0.05) is 24.4 Å². The van der Waals surface area contributed by atoms with Crippen LogP contribution in [0.25, 0.3) is 0 Å². The number of pyridine rings is 1. The van der Waals surface area contributed by atoms with Crippen LogP contribution in [0.1, 0.15) is 24.2 Å². The molecule has 1 aromatic heterocycles. The number of aromatic nitrogens is 1. The highest BCUT2D eigenvalue weighted by atomic mass is 16.1. The fourth-order valence-corrected chi connectivity index (χ4v) is 0.988. The van der Waals surface area contributed by atoms with Crippen LogP contribution in [0, 0.1) is 0 Å².